The zero-order chi connectivity index (χ0) is 24.9. The highest BCUT2D eigenvalue weighted by Crippen LogP contribution is 2.35. The predicted molar refractivity (Wildman–Crippen MR) is 121 cm³/mol. The number of rotatable bonds is 11. The van der Waals surface area contributed by atoms with Gasteiger partial charge < -0.3 is 20.6 Å². The summed E-state index contributed by atoms with van der Waals surface area (Å²) in [5, 5.41) is 19.6. The molecule has 0 aromatic heterocycles. The Kier molecular flexibility index (Phi) is 13.6. The van der Waals surface area contributed by atoms with E-state index in [0.29, 0.717) is 19.2 Å². The molecule has 1 atom stereocenters. The van der Waals surface area contributed by atoms with Crippen molar-refractivity contribution in [2.75, 3.05) is 13.7 Å². The number of carbonyl (C=O) groups excluding carboxylic acids is 1. The monoisotopic (exact) mass is 462 g/mol. The Balaban J connectivity index is 0. The first-order chi connectivity index (χ1) is 14.3. The van der Waals surface area contributed by atoms with Crippen molar-refractivity contribution in [2.45, 2.75) is 64.2 Å². The first-order valence-electron chi connectivity index (χ1n) is 9.65. The molecule has 0 saturated carbocycles. The molecule has 10 heteroatoms. The third kappa shape index (κ3) is 9.04. The summed E-state index contributed by atoms with van der Waals surface area (Å²) in [4.78, 5) is 23.7. The molecule has 0 heterocycles. The number of hydrogen-bond acceptors (Lipinski definition) is 6. The SMILES string of the molecule is C=C/C(=C\C=N)S(=O)(=O)C(CC)(C/C(=C/CC)CNC(=O)OC(C)(C)C)C(=O)O.CF. The molecule has 0 spiro atoms. The van der Waals surface area contributed by atoms with E-state index in [1.54, 1.807) is 26.8 Å². The van der Waals surface area contributed by atoms with Gasteiger partial charge in [0.15, 0.2) is 14.6 Å². The van der Waals surface area contributed by atoms with Crippen molar-refractivity contribution >= 4 is 28.1 Å². The van der Waals surface area contributed by atoms with Crippen LogP contribution in [-0.2, 0) is 19.4 Å². The van der Waals surface area contributed by atoms with Gasteiger partial charge in [0, 0.05) is 19.2 Å². The zero-order valence-corrected chi connectivity index (χ0v) is 19.9. The minimum atomic E-state index is -4.36. The predicted octanol–water partition coefficient (Wildman–Crippen LogP) is 4.19. The molecule has 0 aromatic rings. The molecule has 8 nitrogen and oxygen atoms in total. The Labute approximate surface area is 184 Å². The van der Waals surface area contributed by atoms with Gasteiger partial charge in [-0.05, 0) is 39.7 Å². The molecule has 1 amide bonds. The molecule has 1 unspecified atom stereocenters. The maximum atomic E-state index is 13.1. The highest BCUT2D eigenvalue weighted by atomic mass is 32.2. The second-order valence-corrected chi connectivity index (χ2v) is 9.66. The Morgan fingerprint density at radius 1 is 1.23 bits per heavy atom. The maximum absolute atomic E-state index is 13.1. The summed E-state index contributed by atoms with van der Waals surface area (Å²) in [6.07, 6.45) is 3.78. The molecule has 0 aliphatic carbocycles. The van der Waals surface area contributed by atoms with E-state index >= 15 is 0 Å². The van der Waals surface area contributed by atoms with Crippen molar-refractivity contribution in [3.8, 4) is 0 Å². The van der Waals surface area contributed by atoms with E-state index < -0.39 is 32.2 Å². The maximum Gasteiger partial charge on any atom is 0.407 e. The smallest absolute Gasteiger partial charge is 0.407 e. The number of alkyl halides is 1. The van der Waals surface area contributed by atoms with Gasteiger partial charge in [0.1, 0.15) is 5.60 Å². The highest BCUT2D eigenvalue weighted by molar-refractivity contribution is 7.97. The van der Waals surface area contributed by atoms with Crippen LogP contribution < -0.4 is 5.32 Å². The van der Waals surface area contributed by atoms with Crippen LogP contribution in [0.2, 0.25) is 0 Å². The Hall–Kier alpha value is -2.49. The molecule has 178 valence electrons. The molecule has 0 bridgehead atoms. The standard InChI is InChI=1S/C20H32N2O6S.CH3F/c1-7-10-15(14-22-18(25)28-19(4,5)6)13-20(9-3,17(23)24)29(26,27)16(8-2)11-12-21;1-2/h8,10-12,21H,2,7,9,13-14H2,1,3-6H3,(H,22,25)(H,23,24);1H3/b15-10-,16-11+,21-12?;. The van der Waals surface area contributed by atoms with E-state index in [1.165, 1.54) is 6.92 Å². The number of allylic oxidation sites excluding steroid dienone is 3. The Morgan fingerprint density at radius 2 is 1.77 bits per heavy atom. The summed E-state index contributed by atoms with van der Waals surface area (Å²) >= 11 is 0. The highest BCUT2D eigenvalue weighted by Gasteiger charge is 2.51. The number of carbonyl (C=O) groups is 2. The van der Waals surface area contributed by atoms with Gasteiger partial charge in [0.2, 0.25) is 0 Å². The molecule has 0 fully saturated rings. The summed E-state index contributed by atoms with van der Waals surface area (Å²) in [7, 11) is -3.86. The van der Waals surface area contributed by atoms with Crippen molar-refractivity contribution in [3.05, 3.63) is 35.3 Å². The number of sulfone groups is 1. The van der Waals surface area contributed by atoms with Gasteiger partial charge in [0.25, 0.3) is 0 Å². The van der Waals surface area contributed by atoms with Crippen molar-refractivity contribution in [3.63, 3.8) is 0 Å². The molecule has 0 rings (SSSR count). The Morgan fingerprint density at radius 3 is 2.13 bits per heavy atom. The number of hydrogen-bond donors (Lipinski definition) is 3. The van der Waals surface area contributed by atoms with E-state index in [4.69, 9.17) is 10.1 Å². The second-order valence-electron chi connectivity index (χ2n) is 7.40. The third-order valence-electron chi connectivity index (χ3n) is 4.10. The molecule has 0 radical (unpaired) electrons. The van der Waals surface area contributed by atoms with Crippen LogP contribution in [0, 0.1) is 5.41 Å². The summed E-state index contributed by atoms with van der Waals surface area (Å²) in [5.41, 5.74) is -0.253. The van der Waals surface area contributed by atoms with E-state index in [2.05, 4.69) is 11.9 Å². The molecule has 0 aliphatic rings. The fourth-order valence-electron chi connectivity index (χ4n) is 2.69. The number of ether oxygens (including phenoxy) is 1. The minimum absolute atomic E-state index is 0.0506. The quantitative estimate of drug-likeness (QED) is 0.239. The fourth-order valence-corrected chi connectivity index (χ4v) is 4.59. The van der Waals surface area contributed by atoms with Crippen LogP contribution in [0.1, 0.15) is 53.9 Å². The van der Waals surface area contributed by atoms with Crippen LogP contribution in [0.3, 0.4) is 0 Å². The van der Waals surface area contributed by atoms with Crippen LogP contribution in [0.25, 0.3) is 0 Å². The van der Waals surface area contributed by atoms with E-state index in [0.717, 1.165) is 18.4 Å². The minimum Gasteiger partial charge on any atom is -0.480 e. The lowest BCUT2D eigenvalue weighted by Gasteiger charge is -2.30. The Bertz CT molecular complexity index is 797. The number of halogens is 1. The fraction of sp³-hybridized carbons (Fsp3) is 0.571. The normalized spacial score (nSPS) is 14.4. The van der Waals surface area contributed by atoms with E-state index in [-0.39, 0.29) is 24.3 Å². The third-order valence-corrected chi connectivity index (χ3v) is 6.66. The van der Waals surface area contributed by atoms with Gasteiger partial charge in [-0.25, -0.2) is 13.2 Å². The lowest BCUT2D eigenvalue weighted by Crippen LogP contribution is -2.47. The van der Waals surface area contributed by atoms with Crippen molar-refractivity contribution in [2.24, 2.45) is 0 Å². The van der Waals surface area contributed by atoms with Crippen LogP contribution >= 0.6 is 0 Å². The van der Waals surface area contributed by atoms with E-state index in [1.807, 2.05) is 6.92 Å². The van der Waals surface area contributed by atoms with Crippen LogP contribution in [0.4, 0.5) is 9.18 Å². The van der Waals surface area contributed by atoms with Gasteiger partial charge in [0.05, 0.1) is 12.1 Å². The molecule has 3 N–H and O–H groups in total. The second kappa shape index (κ2) is 13.7. The molecule has 31 heavy (non-hydrogen) atoms. The number of carboxylic acids is 1. The topological polar surface area (TPSA) is 134 Å². The van der Waals surface area contributed by atoms with Crippen LogP contribution in [-0.4, -0.2) is 55.9 Å². The van der Waals surface area contributed by atoms with Gasteiger partial charge >= 0.3 is 12.1 Å². The molecule has 0 saturated heterocycles. The number of carboxylic acid groups (broad SMARTS) is 1. The zero-order valence-electron chi connectivity index (χ0n) is 19.1. The summed E-state index contributed by atoms with van der Waals surface area (Å²) in [6.45, 7) is 11.8. The van der Waals surface area contributed by atoms with Crippen molar-refractivity contribution in [1.82, 2.24) is 5.32 Å². The first kappa shape index (κ1) is 30.7. The van der Waals surface area contributed by atoms with Gasteiger partial charge in [-0.1, -0.05) is 38.2 Å². The van der Waals surface area contributed by atoms with Crippen molar-refractivity contribution in [1.29, 1.82) is 5.41 Å². The van der Waals surface area contributed by atoms with Gasteiger partial charge in [-0.15, -0.1) is 0 Å². The number of nitrogens with one attached hydrogen (secondary N) is 2. The van der Waals surface area contributed by atoms with Crippen molar-refractivity contribution < 1.29 is 32.2 Å². The molecule has 0 aliphatic heterocycles. The van der Waals surface area contributed by atoms with Crippen LogP contribution in [0.5, 0.6) is 0 Å². The molecular formula is C21H35FN2O6S. The number of amides is 1. The average molecular weight is 463 g/mol. The summed E-state index contributed by atoms with van der Waals surface area (Å²) < 4.78 is 38.8. The molecule has 0 aromatic carbocycles. The molecular weight excluding hydrogens is 427 g/mol. The lowest BCUT2D eigenvalue weighted by molar-refractivity contribution is -0.140. The summed E-state index contributed by atoms with van der Waals surface area (Å²) in [5.74, 6) is -1.50. The van der Waals surface area contributed by atoms with Gasteiger partial charge in [-0.2, -0.15) is 0 Å². The van der Waals surface area contributed by atoms with E-state index in [9.17, 15) is 27.5 Å². The number of alkyl carbamates (subject to hydrolysis) is 1. The largest absolute Gasteiger partial charge is 0.480 e. The van der Waals surface area contributed by atoms with Gasteiger partial charge in [-0.3, -0.25) is 9.18 Å². The summed E-state index contributed by atoms with van der Waals surface area (Å²) in [6, 6.07) is 0. The first-order valence-corrected chi connectivity index (χ1v) is 11.1. The average Bonchev–Trinajstić information content (AvgIpc) is 2.67. The van der Waals surface area contributed by atoms with Crippen LogP contribution in [0.15, 0.2) is 35.3 Å². The number of aliphatic carboxylic acids is 1. The lowest BCUT2D eigenvalue weighted by atomic mass is 9.95.